The molecule has 0 saturated heterocycles. The van der Waals surface area contributed by atoms with Crippen molar-refractivity contribution in [3.63, 3.8) is 0 Å². The Kier molecular flexibility index (Phi) is 11.8. The van der Waals surface area contributed by atoms with Gasteiger partial charge in [0.25, 0.3) is 6.43 Å². The highest BCUT2D eigenvalue weighted by atomic mass is 19.3. The van der Waals surface area contributed by atoms with E-state index in [4.69, 9.17) is 14.2 Å². The molecule has 18 heteroatoms. The summed E-state index contributed by atoms with van der Waals surface area (Å²) in [5.41, 5.74) is -2.22. The molecule has 0 bridgehead atoms. The minimum absolute atomic E-state index is 0.0374. The van der Waals surface area contributed by atoms with Crippen LogP contribution in [0.5, 0.6) is 0 Å². The molecule has 1 aliphatic rings. The van der Waals surface area contributed by atoms with Gasteiger partial charge < -0.3 is 24.4 Å². The number of hydrogen-bond donors (Lipinski definition) is 2. The third-order valence-electron chi connectivity index (χ3n) is 8.21. The number of ether oxygens (including phenoxy) is 3. The molecule has 3 aromatic heterocycles. The van der Waals surface area contributed by atoms with E-state index >= 15 is 4.39 Å². The van der Waals surface area contributed by atoms with E-state index in [0.29, 0.717) is 28.2 Å². The molecule has 57 heavy (non-hydrogen) atoms. The van der Waals surface area contributed by atoms with Gasteiger partial charge in [0.2, 0.25) is 5.91 Å². The Bertz CT molecular complexity index is 2180. The Hall–Kier alpha value is -5.94. The Balaban J connectivity index is 1.60. The Morgan fingerprint density at radius 3 is 2.11 bits per heavy atom. The third kappa shape index (κ3) is 10.5. The van der Waals surface area contributed by atoms with Gasteiger partial charge in [-0.1, -0.05) is 0 Å². The van der Waals surface area contributed by atoms with Gasteiger partial charge in [-0.2, -0.15) is 10.00 Å². The number of pyridine rings is 2. The van der Waals surface area contributed by atoms with Gasteiger partial charge in [-0.3, -0.25) is 19.8 Å². The van der Waals surface area contributed by atoms with Crippen LogP contribution in [0.15, 0.2) is 36.8 Å². The molecule has 2 N–H and O–H groups in total. The van der Waals surface area contributed by atoms with Crippen molar-refractivity contribution in [2.75, 3.05) is 28.6 Å². The van der Waals surface area contributed by atoms with Crippen LogP contribution in [0, 0.1) is 12.7 Å². The molecule has 15 nitrogen and oxygen atoms in total. The van der Waals surface area contributed by atoms with Crippen LogP contribution in [0.3, 0.4) is 0 Å². The summed E-state index contributed by atoms with van der Waals surface area (Å²) in [6.07, 6.45) is -1.43. The molecule has 0 radical (unpaired) electrons. The second-order valence-electron chi connectivity index (χ2n) is 16.4. The normalized spacial score (nSPS) is 13.6. The quantitative estimate of drug-likeness (QED) is 0.172. The smallest absolute Gasteiger partial charge is 0.424 e. The number of benzene rings is 1. The largest absolute Gasteiger partial charge is 0.444 e. The van der Waals surface area contributed by atoms with Crippen molar-refractivity contribution in [2.45, 2.75) is 105 Å². The van der Waals surface area contributed by atoms with Gasteiger partial charge in [0.05, 0.1) is 24.1 Å². The van der Waals surface area contributed by atoms with Gasteiger partial charge in [-0.05, 0) is 92.3 Å². The van der Waals surface area contributed by atoms with Crippen LogP contribution in [0.1, 0.15) is 73.6 Å². The standard InChI is InChI=1S/C39H47F3N8O7/c1-21-25(16-43-18-27(21)50(35(53)56-38(5,6)7)36(54)57-39(8,9)10)24-13-22-14-29(44-17-26(22)33(32(24)42)46-34(52)55-37(2,3)4)45-30-15-23-11-12-48(19-28(40)41)31(51)20-49(23)47-30/h13-18,28H,11-12,19-20H2,1-10H3,(H,46,52)(H,44,45,47). The topological polar surface area (TPSA) is 170 Å². The Morgan fingerprint density at radius 2 is 1.51 bits per heavy atom. The molecular weight excluding hydrogens is 749 g/mol. The van der Waals surface area contributed by atoms with Gasteiger partial charge in [0.15, 0.2) is 11.6 Å². The van der Waals surface area contributed by atoms with Crippen molar-refractivity contribution >= 4 is 58.0 Å². The predicted molar refractivity (Wildman–Crippen MR) is 206 cm³/mol. The number of nitrogens with zero attached hydrogens (tertiary/aromatic N) is 6. The highest BCUT2D eigenvalue weighted by molar-refractivity contribution is 6.11. The molecule has 0 spiro atoms. The molecule has 5 rings (SSSR count). The zero-order chi connectivity index (χ0) is 42.2. The number of hydrogen-bond acceptors (Lipinski definition) is 11. The number of imide groups is 1. The van der Waals surface area contributed by atoms with Crippen molar-refractivity contribution in [1.82, 2.24) is 24.6 Å². The summed E-state index contributed by atoms with van der Waals surface area (Å²) < 4.78 is 60.8. The average molecular weight is 797 g/mol. The molecule has 306 valence electrons. The monoisotopic (exact) mass is 796 g/mol. The van der Waals surface area contributed by atoms with Crippen LogP contribution in [0.4, 0.5) is 50.6 Å². The molecule has 0 atom stereocenters. The molecule has 4 heterocycles. The second kappa shape index (κ2) is 15.9. The summed E-state index contributed by atoms with van der Waals surface area (Å²) in [6, 6.07) is 4.76. The molecule has 1 aromatic carbocycles. The first-order chi connectivity index (χ1) is 26.4. The summed E-state index contributed by atoms with van der Waals surface area (Å²) in [5.74, 6) is -0.797. The molecule has 0 saturated carbocycles. The first-order valence-corrected chi connectivity index (χ1v) is 18.1. The molecule has 1 aliphatic heterocycles. The first kappa shape index (κ1) is 42.2. The Labute approximate surface area is 327 Å². The van der Waals surface area contributed by atoms with Crippen molar-refractivity contribution < 1.29 is 46.6 Å². The lowest BCUT2D eigenvalue weighted by Crippen LogP contribution is -2.44. The van der Waals surface area contributed by atoms with Crippen molar-refractivity contribution in [2.24, 2.45) is 0 Å². The molecule has 4 aromatic rings. The van der Waals surface area contributed by atoms with E-state index in [1.807, 2.05) is 0 Å². The van der Waals surface area contributed by atoms with Crippen molar-refractivity contribution in [1.29, 1.82) is 0 Å². The lowest BCUT2D eigenvalue weighted by atomic mass is 9.97. The number of nitrogens with one attached hydrogen (secondary N) is 2. The van der Waals surface area contributed by atoms with E-state index in [2.05, 4.69) is 25.7 Å². The molecule has 0 fully saturated rings. The predicted octanol–water partition coefficient (Wildman–Crippen LogP) is 8.36. The van der Waals surface area contributed by atoms with Gasteiger partial charge >= 0.3 is 18.3 Å². The summed E-state index contributed by atoms with van der Waals surface area (Å²) in [7, 11) is 0. The SMILES string of the molecule is Cc1c(-c2cc3cc(Nc4cc5n(n4)CC(=O)N(CC(F)F)CC5)ncc3c(NC(=O)OC(C)(C)C)c2F)cncc1N(C(=O)OC(C)(C)C)C(=O)OC(C)(C)C. The van der Waals surface area contributed by atoms with Crippen LogP contribution in [-0.2, 0) is 32.0 Å². The minimum Gasteiger partial charge on any atom is -0.444 e. The number of carbonyl (C=O) groups excluding carboxylic acids is 4. The fraction of sp³-hybridized carbons (Fsp3) is 0.462. The van der Waals surface area contributed by atoms with E-state index in [0.717, 1.165) is 4.90 Å². The van der Waals surface area contributed by atoms with Crippen LogP contribution in [-0.4, -0.2) is 85.2 Å². The summed E-state index contributed by atoms with van der Waals surface area (Å²) >= 11 is 0. The maximum absolute atomic E-state index is 16.9. The minimum atomic E-state index is -2.65. The van der Waals surface area contributed by atoms with Gasteiger partial charge in [0, 0.05) is 53.6 Å². The summed E-state index contributed by atoms with van der Waals surface area (Å²) in [5, 5.41) is 10.6. The van der Waals surface area contributed by atoms with E-state index < -0.39 is 59.8 Å². The fourth-order valence-corrected chi connectivity index (χ4v) is 5.91. The highest BCUT2D eigenvalue weighted by Crippen LogP contribution is 2.39. The van der Waals surface area contributed by atoms with Crippen LogP contribution in [0.2, 0.25) is 0 Å². The van der Waals surface area contributed by atoms with Gasteiger partial charge in [-0.15, -0.1) is 0 Å². The number of aromatic nitrogens is 4. The lowest BCUT2D eigenvalue weighted by molar-refractivity contribution is -0.133. The number of anilines is 4. The molecular formula is C39H47F3N8O7. The number of rotatable bonds is 7. The number of carbonyl (C=O) groups is 4. The highest BCUT2D eigenvalue weighted by Gasteiger charge is 2.35. The summed E-state index contributed by atoms with van der Waals surface area (Å²) in [4.78, 5) is 63.2. The maximum atomic E-state index is 16.9. The second-order valence-corrected chi connectivity index (χ2v) is 16.4. The van der Waals surface area contributed by atoms with Crippen LogP contribution < -0.4 is 15.5 Å². The van der Waals surface area contributed by atoms with E-state index in [1.165, 1.54) is 29.3 Å². The zero-order valence-electron chi connectivity index (χ0n) is 33.5. The number of fused-ring (bicyclic) bond motifs is 2. The van der Waals surface area contributed by atoms with E-state index in [-0.39, 0.29) is 52.4 Å². The summed E-state index contributed by atoms with van der Waals surface area (Å²) in [6.45, 7) is 15.6. The zero-order valence-corrected chi connectivity index (χ0v) is 33.5. The molecule has 0 unspecified atom stereocenters. The van der Waals surface area contributed by atoms with E-state index in [9.17, 15) is 28.0 Å². The van der Waals surface area contributed by atoms with Crippen molar-refractivity contribution in [3.8, 4) is 11.1 Å². The first-order valence-electron chi connectivity index (χ1n) is 18.1. The van der Waals surface area contributed by atoms with Gasteiger partial charge in [-0.25, -0.2) is 32.5 Å². The number of amides is 4. The van der Waals surface area contributed by atoms with Crippen molar-refractivity contribution in [3.05, 3.63) is 53.9 Å². The number of alkyl halides is 2. The van der Waals surface area contributed by atoms with Crippen LogP contribution in [0.25, 0.3) is 21.9 Å². The lowest BCUT2D eigenvalue weighted by Gasteiger charge is -2.29. The fourth-order valence-electron chi connectivity index (χ4n) is 5.91. The maximum Gasteiger partial charge on any atom is 0.424 e. The van der Waals surface area contributed by atoms with Gasteiger partial charge in [0.1, 0.15) is 29.2 Å². The van der Waals surface area contributed by atoms with Crippen LogP contribution >= 0.6 is 0 Å². The third-order valence-corrected chi connectivity index (χ3v) is 8.21. The molecule has 0 aliphatic carbocycles. The average Bonchev–Trinajstić information content (AvgIpc) is 3.36. The Morgan fingerprint density at radius 1 is 0.877 bits per heavy atom. The van der Waals surface area contributed by atoms with E-state index in [1.54, 1.807) is 81.4 Å². The molecule has 4 amide bonds. The number of halogens is 3.